The van der Waals surface area contributed by atoms with Crippen molar-refractivity contribution in [2.45, 2.75) is 25.0 Å². The molecule has 1 heterocycles. The minimum atomic E-state index is -0.0773. The molecule has 0 spiro atoms. The predicted molar refractivity (Wildman–Crippen MR) is 68.0 cm³/mol. The molecule has 3 N–H and O–H groups in total. The number of ether oxygens (including phenoxy) is 1. The molecule has 1 fully saturated rings. The van der Waals surface area contributed by atoms with Crippen LogP contribution in [-0.4, -0.2) is 6.10 Å². The molecule has 3 rings (SSSR count). The van der Waals surface area contributed by atoms with Gasteiger partial charge in [0.25, 0.3) is 0 Å². The molecule has 2 aromatic rings. The zero-order valence-corrected chi connectivity index (χ0v) is 10.0. The van der Waals surface area contributed by atoms with Gasteiger partial charge in [0.2, 0.25) is 0 Å². The zero-order valence-electron chi connectivity index (χ0n) is 10.0. The number of hydrazine groups is 1. The van der Waals surface area contributed by atoms with Crippen molar-refractivity contribution in [3.63, 3.8) is 0 Å². The first-order valence-electron chi connectivity index (χ1n) is 6.11. The van der Waals surface area contributed by atoms with Gasteiger partial charge in [-0.1, -0.05) is 12.1 Å². The number of rotatable bonds is 5. The van der Waals surface area contributed by atoms with Crippen molar-refractivity contribution < 1.29 is 9.15 Å². The Hall–Kier alpha value is -1.78. The molecule has 4 heteroatoms. The smallest absolute Gasteiger partial charge is 0.120 e. The molecule has 1 aliphatic rings. The fourth-order valence-corrected chi connectivity index (χ4v) is 1.97. The van der Waals surface area contributed by atoms with Crippen LogP contribution in [0.25, 0.3) is 0 Å². The molecule has 1 atom stereocenters. The van der Waals surface area contributed by atoms with E-state index < -0.39 is 0 Å². The second-order valence-electron chi connectivity index (χ2n) is 4.55. The summed E-state index contributed by atoms with van der Waals surface area (Å²) in [6, 6.07) is 9.83. The lowest BCUT2D eigenvalue weighted by Crippen LogP contribution is -2.28. The summed E-state index contributed by atoms with van der Waals surface area (Å²) in [6.07, 6.45) is 6.05. The summed E-state index contributed by atoms with van der Waals surface area (Å²) < 4.78 is 10.9. The van der Waals surface area contributed by atoms with E-state index in [0.717, 1.165) is 29.7 Å². The second-order valence-corrected chi connectivity index (χ2v) is 4.55. The summed E-state index contributed by atoms with van der Waals surface area (Å²) in [5.41, 5.74) is 4.87. The Kier molecular flexibility index (Phi) is 3.04. The van der Waals surface area contributed by atoms with E-state index in [9.17, 15) is 0 Å². The lowest BCUT2D eigenvalue weighted by atomic mass is 10.0. The van der Waals surface area contributed by atoms with Crippen LogP contribution in [0.2, 0.25) is 0 Å². The van der Waals surface area contributed by atoms with Crippen molar-refractivity contribution in [2.75, 3.05) is 0 Å². The average molecular weight is 244 g/mol. The van der Waals surface area contributed by atoms with E-state index >= 15 is 0 Å². The van der Waals surface area contributed by atoms with Gasteiger partial charge in [-0.2, -0.15) is 0 Å². The number of nitrogens with two attached hydrogens (primary N) is 1. The lowest BCUT2D eigenvalue weighted by Gasteiger charge is -2.15. The number of benzene rings is 1. The van der Waals surface area contributed by atoms with Gasteiger partial charge < -0.3 is 9.15 Å². The fraction of sp³-hybridized carbons (Fsp3) is 0.286. The molecule has 0 radical (unpaired) electrons. The van der Waals surface area contributed by atoms with E-state index in [4.69, 9.17) is 15.0 Å². The van der Waals surface area contributed by atoms with Crippen molar-refractivity contribution in [1.82, 2.24) is 5.43 Å². The Balaban J connectivity index is 1.84. The standard InChI is InChI=1S/C14H16N2O2/c15-16-14(11-6-7-17-9-11)10-2-1-3-13(8-10)18-12-4-5-12/h1-3,6-9,12,14,16H,4-5,15H2. The van der Waals surface area contributed by atoms with E-state index in [-0.39, 0.29) is 6.04 Å². The van der Waals surface area contributed by atoms with Gasteiger partial charge in [0.1, 0.15) is 5.75 Å². The monoisotopic (exact) mass is 244 g/mol. The molecule has 0 amide bonds. The minimum Gasteiger partial charge on any atom is -0.490 e. The van der Waals surface area contributed by atoms with Crippen molar-refractivity contribution in [3.05, 3.63) is 54.0 Å². The number of hydrogen-bond acceptors (Lipinski definition) is 4. The highest BCUT2D eigenvalue weighted by Crippen LogP contribution is 2.29. The number of hydrogen-bond donors (Lipinski definition) is 2. The molecule has 1 aliphatic carbocycles. The van der Waals surface area contributed by atoms with Gasteiger partial charge in [-0.25, -0.2) is 5.43 Å². The summed E-state index contributed by atoms with van der Waals surface area (Å²) >= 11 is 0. The number of nitrogens with one attached hydrogen (secondary N) is 1. The molecule has 1 aromatic carbocycles. The van der Waals surface area contributed by atoms with Crippen LogP contribution in [-0.2, 0) is 0 Å². The maximum atomic E-state index is 5.79. The summed E-state index contributed by atoms with van der Waals surface area (Å²) in [5, 5.41) is 0. The normalized spacial score (nSPS) is 16.5. The molecule has 18 heavy (non-hydrogen) atoms. The molecular formula is C14H16N2O2. The van der Waals surface area contributed by atoms with Crippen LogP contribution in [0.1, 0.15) is 30.0 Å². The van der Waals surface area contributed by atoms with E-state index in [2.05, 4.69) is 5.43 Å². The minimum absolute atomic E-state index is 0.0773. The molecule has 0 aliphatic heterocycles. The van der Waals surface area contributed by atoms with Crippen LogP contribution in [0.5, 0.6) is 5.75 Å². The van der Waals surface area contributed by atoms with Crippen molar-refractivity contribution in [1.29, 1.82) is 0 Å². The van der Waals surface area contributed by atoms with Crippen LogP contribution < -0.4 is 16.0 Å². The van der Waals surface area contributed by atoms with Crippen LogP contribution in [0.4, 0.5) is 0 Å². The van der Waals surface area contributed by atoms with E-state index in [1.54, 1.807) is 12.5 Å². The molecule has 1 unspecified atom stereocenters. The largest absolute Gasteiger partial charge is 0.490 e. The first kappa shape index (κ1) is 11.3. The highest BCUT2D eigenvalue weighted by molar-refractivity contribution is 5.35. The topological polar surface area (TPSA) is 60.4 Å². The third-order valence-electron chi connectivity index (χ3n) is 3.06. The quantitative estimate of drug-likeness (QED) is 0.626. The lowest BCUT2D eigenvalue weighted by molar-refractivity contribution is 0.302. The first-order valence-corrected chi connectivity index (χ1v) is 6.11. The Morgan fingerprint density at radius 3 is 2.83 bits per heavy atom. The summed E-state index contributed by atoms with van der Waals surface area (Å²) in [6.45, 7) is 0. The maximum absolute atomic E-state index is 5.79. The Morgan fingerprint density at radius 1 is 1.28 bits per heavy atom. The van der Waals surface area contributed by atoms with Gasteiger partial charge in [-0.15, -0.1) is 0 Å². The summed E-state index contributed by atoms with van der Waals surface area (Å²) in [4.78, 5) is 0. The molecule has 4 nitrogen and oxygen atoms in total. The van der Waals surface area contributed by atoms with Crippen LogP contribution in [0, 0.1) is 0 Å². The Morgan fingerprint density at radius 2 is 2.17 bits per heavy atom. The first-order chi connectivity index (χ1) is 8.86. The van der Waals surface area contributed by atoms with E-state index in [1.165, 1.54) is 0 Å². The van der Waals surface area contributed by atoms with Crippen LogP contribution in [0.15, 0.2) is 47.3 Å². The van der Waals surface area contributed by atoms with Gasteiger partial charge in [0, 0.05) is 5.56 Å². The van der Waals surface area contributed by atoms with Gasteiger partial charge in [-0.05, 0) is 36.6 Å². The molecule has 94 valence electrons. The van der Waals surface area contributed by atoms with E-state index in [1.807, 2.05) is 30.3 Å². The summed E-state index contributed by atoms with van der Waals surface area (Å²) in [5.74, 6) is 6.53. The van der Waals surface area contributed by atoms with Crippen molar-refractivity contribution >= 4 is 0 Å². The van der Waals surface area contributed by atoms with Crippen LogP contribution >= 0.6 is 0 Å². The Bertz CT molecular complexity index is 506. The van der Waals surface area contributed by atoms with Gasteiger partial charge in [0.05, 0.1) is 24.7 Å². The predicted octanol–water partition coefficient (Wildman–Crippen LogP) is 2.37. The highest BCUT2D eigenvalue weighted by atomic mass is 16.5. The van der Waals surface area contributed by atoms with Gasteiger partial charge in [0.15, 0.2) is 0 Å². The maximum Gasteiger partial charge on any atom is 0.120 e. The van der Waals surface area contributed by atoms with Crippen molar-refractivity contribution in [3.8, 4) is 5.75 Å². The van der Waals surface area contributed by atoms with E-state index in [0.29, 0.717) is 6.10 Å². The average Bonchev–Trinajstić information content (AvgIpc) is 3.04. The molecular weight excluding hydrogens is 228 g/mol. The fourth-order valence-electron chi connectivity index (χ4n) is 1.97. The second kappa shape index (κ2) is 4.84. The molecule has 0 bridgehead atoms. The molecule has 0 saturated heterocycles. The Labute approximate surface area is 106 Å². The summed E-state index contributed by atoms with van der Waals surface area (Å²) in [7, 11) is 0. The number of furan rings is 1. The third-order valence-corrected chi connectivity index (χ3v) is 3.06. The zero-order chi connectivity index (χ0) is 12.4. The van der Waals surface area contributed by atoms with Gasteiger partial charge >= 0.3 is 0 Å². The third kappa shape index (κ3) is 2.39. The van der Waals surface area contributed by atoms with Crippen molar-refractivity contribution in [2.24, 2.45) is 5.84 Å². The van der Waals surface area contributed by atoms with Crippen LogP contribution in [0.3, 0.4) is 0 Å². The SMILES string of the molecule is NNC(c1ccoc1)c1cccc(OC2CC2)c1. The highest BCUT2D eigenvalue weighted by Gasteiger charge is 2.24. The molecule has 1 saturated carbocycles. The van der Waals surface area contributed by atoms with Gasteiger partial charge in [-0.3, -0.25) is 5.84 Å². The molecule has 1 aromatic heterocycles.